The molecule has 0 bridgehead atoms. The maximum absolute atomic E-state index is 11.5. The zero-order chi connectivity index (χ0) is 10.9. The van der Waals surface area contributed by atoms with Crippen molar-refractivity contribution in [3.63, 3.8) is 0 Å². The fraction of sp³-hybridized carbons (Fsp3) is 0.375. The molecule has 0 saturated carbocycles. The highest BCUT2D eigenvalue weighted by molar-refractivity contribution is 5.90. The Morgan fingerprint density at radius 3 is 2.50 bits per heavy atom. The normalized spacial score (nSPS) is 10.1. The summed E-state index contributed by atoms with van der Waals surface area (Å²) >= 11 is 0. The van der Waals surface area contributed by atoms with Gasteiger partial charge in [-0.1, -0.05) is 0 Å². The van der Waals surface area contributed by atoms with Gasteiger partial charge in [0.05, 0.1) is 0 Å². The molecule has 1 heterocycles. The van der Waals surface area contributed by atoms with Gasteiger partial charge in [0.1, 0.15) is 5.69 Å². The van der Waals surface area contributed by atoms with E-state index in [0.29, 0.717) is 6.54 Å². The van der Waals surface area contributed by atoms with E-state index >= 15 is 0 Å². The molecule has 0 aliphatic heterocycles. The van der Waals surface area contributed by atoms with Crippen molar-refractivity contribution >= 4 is 5.91 Å². The number of amides is 1. The Bertz CT molecular complexity index is 484. The van der Waals surface area contributed by atoms with Gasteiger partial charge in [-0.15, -0.1) is 0 Å². The first-order valence-electron chi connectivity index (χ1n) is 4.09. The summed E-state index contributed by atoms with van der Waals surface area (Å²) in [6, 6.07) is 1.06. The predicted octanol–water partition coefficient (Wildman–Crippen LogP) is -1.33. The first kappa shape index (κ1) is 10.2. The van der Waals surface area contributed by atoms with Crippen LogP contribution in [-0.4, -0.2) is 15.0 Å². The molecular weight excluding hydrogens is 186 g/mol. The lowest BCUT2D eigenvalue weighted by molar-refractivity contribution is 0.0989. The molecule has 0 aromatic carbocycles. The van der Waals surface area contributed by atoms with Gasteiger partial charge in [0.25, 0.3) is 11.5 Å². The molecule has 1 amide bonds. The van der Waals surface area contributed by atoms with Crippen LogP contribution in [0.4, 0.5) is 0 Å². The van der Waals surface area contributed by atoms with Gasteiger partial charge in [-0.05, 0) is 6.92 Å². The topological polar surface area (TPSA) is 87.1 Å². The monoisotopic (exact) mass is 197 g/mol. The van der Waals surface area contributed by atoms with Gasteiger partial charge in [-0.3, -0.25) is 18.7 Å². The summed E-state index contributed by atoms with van der Waals surface area (Å²) in [5.41, 5.74) is 3.91. The number of aromatic nitrogens is 2. The summed E-state index contributed by atoms with van der Waals surface area (Å²) in [4.78, 5) is 33.5. The molecule has 0 aliphatic rings. The van der Waals surface area contributed by atoms with Crippen molar-refractivity contribution < 1.29 is 4.79 Å². The van der Waals surface area contributed by atoms with Crippen LogP contribution in [0.2, 0.25) is 0 Å². The second kappa shape index (κ2) is 3.49. The van der Waals surface area contributed by atoms with Gasteiger partial charge in [0, 0.05) is 19.7 Å². The molecule has 1 aromatic rings. The van der Waals surface area contributed by atoms with Crippen LogP contribution >= 0.6 is 0 Å². The summed E-state index contributed by atoms with van der Waals surface area (Å²) in [5, 5.41) is 0. The predicted molar refractivity (Wildman–Crippen MR) is 50.1 cm³/mol. The van der Waals surface area contributed by atoms with Gasteiger partial charge in [-0.25, -0.2) is 4.79 Å². The number of hydrogen-bond donors (Lipinski definition) is 1. The van der Waals surface area contributed by atoms with Crippen LogP contribution in [0.25, 0.3) is 0 Å². The van der Waals surface area contributed by atoms with E-state index in [9.17, 15) is 14.4 Å². The van der Waals surface area contributed by atoms with Gasteiger partial charge >= 0.3 is 5.69 Å². The smallest absolute Gasteiger partial charge is 0.331 e. The molecule has 0 saturated heterocycles. The third kappa shape index (κ3) is 1.46. The summed E-state index contributed by atoms with van der Waals surface area (Å²) in [6.07, 6.45) is 0. The Morgan fingerprint density at radius 1 is 1.50 bits per heavy atom. The van der Waals surface area contributed by atoms with Crippen molar-refractivity contribution in [2.45, 2.75) is 13.5 Å². The van der Waals surface area contributed by atoms with Crippen LogP contribution in [0.5, 0.6) is 0 Å². The minimum Gasteiger partial charge on any atom is -0.364 e. The molecule has 0 fully saturated rings. The second-order valence-electron chi connectivity index (χ2n) is 2.82. The molecule has 6 nitrogen and oxygen atoms in total. The Labute approximate surface area is 79.6 Å². The molecule has 0 radical (unpaired) electrons. The Morgan fingerprint density at radius 2 is 2.07 bits per heavy atom. The summed E-state index contributed by atoms with van der Waals surface area (Å²) in [5.74, 6) is -0.776. The number of nitrogens with two attached hydrogens (primary N) is 1. The van der Waals surface area contributed by atoms with Crippen LogP contribution in [-0.2, 0) is 13.6 Å². The third-order valence-electron chi connectivity index (χ3n) is 1.97. The maximum Gasteiger partial charge on any atom is 0.331 e. The van der Waals surface area contributed by atoms with E-state index in [1.807, 2.05) is 0 Å². The number of carbonyl (C=O) groups excluding carboxylic acids is 1. The lowest BCUT2D eigenvalue weighted by Crippen LogP contribution is -2.41. The van der Waals surface area contributed by atoms with Crippen LogP contribution in [0, 0.1) is 0 Å². The third-order valence-corrected chi connectivity index (χ3v) is 1.97. The molecule has 2 N–H and O–H groups in total. The highest BCUT2D eigenvalue weighted by Crippen LogP contribution is 1.90. The van der Waals surface area contributed by atoms with Crippen LogP contribution in [0.3, 0.4) is 0 Å². The number of nitrogens with zero attached hydrogens (tertiary/aromatic N) is 2. The molecule has 1 rings (SSSR count). The van der Waals surface area contributed by atoms with Crippen molar-refractivity contribution in [2.75, 3.05) is 0 Å². The maximum atomic E-state index is 11.5. The van der Waals surface area contributed by atoms with Gasteiger partial charge < -0.3 is 5.73 Å². The fourth-order valence-electron chi connectivity index (χ4n) is 1.18. The van der Waals surface area contributed by atoms with E-state index in [0.717, 1.165) is 15.2 Å². The molecule has 0 aliphatic carbocycles. The zero-order valence-electron chi connectivity index (χ0n) is 7.98. The first-order valence-corrected chi connectivity index (χ1v) is 4.09. The van der Waals surface area contributed by atoms with Crippen molar-refractivity contribution in [1.29, 1.82) is 0 Å². The summed E-state index contributed by atoms with van der Waals surface area (Å²) in [6.45, 7) is 1.99. The van der Waals surface area contributed by atoms with Gasteiger partial charge in [-0.2, -0.15) is 0 Å². The molecular formula is C8H11N3O3. The summed E-state index contributed by atoms with van der Waals surface area (Å²) in [7, 11) is 1.35. The van der Waals surface area contributed by atoms with E-state index < -0.39 is 17.2 Å². The molecule has 76 valence electrons. The van der Waals surface area contributed by atoms with E-state index in [2.05, 4.69) is 0 Å². The molecule has 6 heteroatoms. The minimum atomic E-state index is -0.776. The summed E-state index contributed by atoms with van der Waals surface area (Å²) < 4.78 is 2.08. The number of rotatable bonds is 2. The Kier molecular flexibility index (Phi) is 2.55. The van der Waals surface area contributed by atoms with E-state index in [1.165, 1.54) is 7.05 Å². The van der Waals surface area contributed by atoms with Crippen LogP contribution in [0.1, 0.15) is 17.4 Å². The molecule has 0 unspecified atom stereocenters. The van der Waals surface area contributed by atoms with E-state index in [1.54, 1.807) is 6.92 Å². The number of hydrogen-bond acceptors (Lipinski definition) is 3. The average Bonchev–Trinajstić information content (AvgIpc) is 2.13. The van der Waals surface area contributed by atoms with Crippen LogP contribution < -0.4 is 17.0 Å². The van der Waals surface area contributed by atoms with E-state index in [-0.39, 0.29) is 5.69 Å². The Balaban J connectivity index is 3.69. The van der Waals surface area contributed by atoms with Gasteiger partial charge in [0.2, 0.25) is 0 Å². The number of carbonyl (C=O) groups is 1. The van der Waals surface area contributed by atoms with Crippen molar-refractivity contribution in [1.82, 2.24) is 9.13 Å². The molecule has 0 atom stereocenters. The van der Waals surface area contributed by atoms with Crippen molar-refractivity contribution in [2.24, 2.45) is 12.8 Å². The second-order valence-corrected chi connectivity index (χ2v) is 2.82. The van der Waals surface area contributed by atoms with Gasteiger partial charge in [0.15, 0.2) is 0 Å². The zero-order valence-corrected chi connectivity index (χ0v) is 7.98. The molecule has 0 spiro atoms. The lowest BCUT2D eigenvalue weighted by atomic mass is 10.3. The standard InChI is InChI=1S/C8H11N3O3/c1-3-11-5(7(9)13)4-6(12)10(2)8(11)14/h4H,3H2,1-2H3,(H2,9,13). The Hall–Kier alpha value is -1.85. The largest absolute Gasteiger partial charge is 0.364 e. The highest BCUT2D eigenvalue weighted by Gasteiger charge is 2.11. The number of primary amides is 1. The SMILES string of the molecule is CCn1c(C(N)=O)cc(=O)n(C)c1=O. The van der Waals surface area contributed by atoms with E-state index in [4.69, 9.17) is 5.73 Å². The quantitative estimate of drug-likeness (QED) is 0.637. The first-order chi connectivity index (χ1) is 6.49. The molecule has 14 heavy (non-hydrogen) atoms. The van der Waals surface area contributed by atoms with Crippen molar-refractivity contribution in [3.8, 4) is 0 Å². The van der Waals surface area contributed by atoms with Crippen LogP contribution in [0.15, 0.2) is 15.7 Å². The highest BCUT2D eigenvalue weighted by atomic mass is 16.2. The fourth-order valence-corrected chi connectivity index (χ4v) is 1.18. The lowest BCUT2D eigenvalue weighted by Gasteiger charge is -2.08. The minimum absolute atomic E-state index is 0.0550. The van der Waals surface area contributed by atoms with Crippen molar-refractivity contribution in [3.05, 3.63) is 32.6 Å². The molecule has 1 aromatic heterocycles. The average molecular weight is 197 g/mol.